The Bertz CT molecular complexity index is 597. The molecule has 29 heavy (non-hydrogen) atoms. The van der Waals surface area contributed by atoms with Gasteiger partial charge in [0.25, 0.3) is 0 Å². The van der Waals surface area contributed by atoms with E-state index in [1.165, 1.54) is 16.7 Å². The zero-order valence-corrected chi connectivity index (χ0v) is 18.2. The topological polar surface area (TPSA) is 72.8 Å². The third kappa shape index (κ3) is 11.6. The summed E-state index contributed by atoms with van der Waals surface area (Å²) in [5.74, 6) is -0.277. The van der Waals surface area contributed by atoms with Crippen molar-refractivity contribution in [3.05, 3.63) is 34.9 Å². The summed E-state index contributed by atoms with van der Waals surface area (Å²) in [6.45, 7) is 4.76. The molecule has 0 aliphatic rings. The molecule has 0 heterocycles. The van der Waals surface area contributed by atoms with Gasteiger partial charge >= 0.3 is 11.9 Å². The van der Waals surface area contributed by atoms with Crippen molar-refractivity contribution < 1.29 is 24.2 Å². The van der Waals surface area contributed by atoms with Crippen molar-refractivity contribution >= 4 is 11.9 Å². The predicted octanol–water partition coefficient (Wildman–Crippen LogP) is 4.55. The summed E-state index contributed by atoms with van der Waals surface area (Å²) in [6.07, 6.45) is 9.34. The van der Waals surface area contributed by atoms with Crippen molar-refractivity contribution in [2.24, 2.45) is 0 Å². The van der Waals surface area contributed by atoms with Gasteiger partial charge in [-0.05, 0) is 75.5 Å². The number of unbranched alkanes of at least 4 members (excludes halogenated alkanes) is 4. The van der Waals surface area contributed by atoms with Crippen molar-refractivity contribution in [2.45, 2.75) is 84.5 Å². The van der Waals surface area contributed by atoms with E-state index in [4.69, 9.17) is 14.6 Å². The summed E-state index contributed by atoms with van der Waals surface area (Å²) in [5.41, 5.74) is 3.77. The summed E-state index contributed by atoms with van der Waals surface area (Å²) in [6, 6.07) is 6.57. The van der Waals surface area contributed by atoms with Crippen LogP contribution in [0.1, 0.15) is 81.9 Å². The van der Waals surface area contributed by atoms with Crippen LogP contribution in [0.4, 0.5) is 0 Å². The van der Waals surface area contributed by atoms with Crippen molar-refractivity contribution in [1.82, 2.24) is 0 Å². The monoisotopic (exact) mass is 406 g/mol. The maximum absolute atomic E-state index is 11.8. The Morgan fingerprint density at radius 3 is 2.10 bits per heavy atom. The summed E-state index contributed by atoms with van der Waals surface area (Å²) >= 11 is 0. The lowest BCUT2D eigenvalue weighted by Gasteiger charge is -2.12. The van der Waals surface area contributed by atoms with Crippen LogP contribution in [0.2, 0.25) is 0 Å². The highest BCUT2D eigenvalue weighted by atomic mass is 16.5. The molecule has 0 aliphatic heterocycles. The Labute approximate surface area is 175 Å². The summed E-state index contributed by atoms with van der Waals surface area (Å²) in [7, 11) is 0. The lowest BCUT2D eigenvalue weighted by molar-refractivity contribution is -0.144. The second kappa shape index (κ2) is 16.0. The number of aliphatic hydroxyl groups excluding tert-OH is 1. The quantitative estimate of drug-likeness (QED) is 0.322. The molecule has 0 spiro atoms. The van der Waals surface area contributed by atoms with Crippen LogP contribution in [-0.2, 0) is 38.3 Å². The van der Waals surface area contributed by atoms with Gasteiger partial charge in [-0.3, -0.25) is 9.59 Å². The molecule has 0 radical (unpaired) electrons. The first-order valence-corrected chi connectivity index (χ1v) is 11.1. The molecule has 164 valence electrons. The van der Waals surface area contributed by atoms with Crippen LogP contribution in [0.5, 0.6) is 0 Å². The van der Waals surface area contributed by atoms with Gasteiger partial charge in [-0.1, -0.05) is 31.0 Å². The van der Waals surface area contributed by atoms with E-state index in [9.17, 15) is 9.59 Å². The number of esters is 2. The van der Waals surface area contributed by atoms with E-state index in [0.29, 0.717) is 32.5 Å². The Balaban J connectivity index is 2.62. The highest BCUT2D eigenvalue weighted by molar-refractivity contribution is 5.70. The molecule has 5 nitrogen and oxygen atoms in total. The molecule has 5 heteroatoms. The third-order valence-corrected chi connectivity index (χ3v) is 4.93. The standard InChI is InChI=1S/C24H38O5/c1-3-28-23(26)13-9-8-11-20-14-15-21(12-7-5-6-10-18-25)22(19-20)16-17-24(27)29-4-2/h14-15,19,25H,3-13,16-18H2,1-2H3. The summed E-state index contributed by atoms with van der Waals surface area (Å²) < 4.78 is 10.0. The van der Waals surface area contributed by atoms with Gasteiger partial charge in [0, 0.05) is 19.4 Å². The molecular weight excluding hydrogens is 368 g/mol. The van der Waals surface area contributed by atoms with E-state index in [2.05, 4.69) is 18.2 Å². The Morgan fingerprint density at radius 1 is 0.759 bits per heavy atom. The minimum absolute atomic E-state index is 0.126. The number of rotatable bonds is 16. The van der Waals surface area contributed by atoms with Crippen LogP contribution in [0.3, 0.4) is 0 Å². The lowest BCUT2D eigenvalue weighted by Crippen LogP contribution is -2.07. The predicted molar refractivity (Wildman–Crippen MR) is 115 cm³/mol. The smallest absolute Gasteiger partial charge is 0.306 e. The molecule has 0 amide bonds. The summed E-state index contributed by atoms with van der Waals surface area (Å²) in [5, 5.41) is 8.90. The van der Waals surface area contributed by atoms with Gasteiger partial charge in [0.1, 0.15) is 0 Å². The van der Waals surface area contributed by atoms with Crippen LogP contribution >= 0.6 is 0 Å². The molecule has 0 saturated heterocycles. The molecule has 1 aromatic carbocycles. The molecule has 0 atom stereocenters. The number of hydrogen-bond acceptors (Lipinski definition) is 5. The third-order valence-electron chi connectivity index (χ3n) is 4.93. The first-order chi connectivity index (χ1) is 14.1. The number of ether oxygens (including phenoxy) is 2. The van der Waals surface area contributed by atoms with E-state index in [1.54, 1.807) is 0 Å². The van der Waals surface area contributed by atoms with Gasteiger partial charge in [-0.25, -0.2) is 0 Å². The molecule has 0 saturated carbocycles. The highest BCUT2D eigenvalue weighted by Gasteiger charge is 2.09. The zero-order chi connectivity index (χ0) is 21.3. The first-order valence-electron chi connectivity index (χ1n) is 11.1. The Kier molecular flexibility index (Phi) is 13.9. The maximum atomic E-state index is 11.8. The number of aryl methyl sites for hydroxylation is 3. The van der Waals surface area contributed by atoms with Crippen molar-refractivity contribution in [3.63, 3.8) is 0 Å². The molecule has 0 aromatic heterocycles. The number of carbonyl (C=O) groups excluding carboxylic acids is 2. The van der Waals surface area contributed by atoms with Crippen LogP contribution in [0.15, 0.2) is 18.2 Å². The van der Waals surface area contributed by atoms with Gasteiger partial charge in [0.05, 0.1) is 13.2 Å². The molecule has 0 bridgehead atoms. The van der Waals surface area contributed by atoms with Crippen LogP contribution in [0, 0.1) is 0 Å². The van der Waals surface area contributed by atoms with E-state index in [-0.39, 0.29) is 18.5 Å². The minimum atomic E-state index is -0.152. The number of aliphatic hydroxyl groups is 1. The zero-order valence-electron chi connectivity index (χ0n) is 18.2. The van der Waals surface area contributed by atoms with E-state index in [1.807, 2.05) is 13.8 Å². The number of carbonyl (C=O) groups is 2. The molecular formula is C24H38O5. The van der Waals surface area contributed by atoms with Crippen LogP contribution < -0.4 is 0 Å². The molecule has 0 fully saturated rings. The Hall–Kier alpha value is -1.88. The normalized spacial score (nSPS) is 10.7. The maximum Gasteiger partial charge on any atom is 0.306 e. The number of benzene rings is 1. The van der Waals surface area contributed by atoms with Gasteiger partial charge < -0.3 is 14.6 Å². The summed E-state index contributed by atoms with van der Waals surface area (Å²) in [4.78, 5) is 23.2. The van der Waals surface area contributed by atoms with E-state index >= 15 is 0 Å². The average Bonchev–Trinajstić information content (AvgIpc) is 2.71. The Morgan fingerprint density at radius 2 is 1.41 bits per heavy atom. The van der Waals surface area contributed by atoms with Gasteiger partial charge in [0.2, 0.25) is 0 Å². The fraction of sp³-hybridized carbons (Fsp3) is 0.667. The van der Waals surface area contributed by atoms with E-state index < -0.39 is 0 Å². The fourth-order valence-corrected chi connectivity index (χ4v) is 3.39. The fourth-order valence-electron chi connectivity index (χ4n) is 3.39. The molecule has 0 aliphatic carbocycles. The van der Waals surface area contributed by atoms with Crippen LogP contribution in [0.25, 0.3) is 0 Å². The van der Waals surface area contributed by atoms with Crippen molar-refractivity contribution in [2.75, 3.05) is 19.8 Å². The first kappa shape index (κ1) is 25.2. The molecule has 1 N–H and O–H groups in total. The molecule has 1 rings (SSSR count). The second-order valence-electron chi connectivity index (χ2n) is 7.31. The second-order valence-corrected chi connectivity index (χ2v) is 7.31. The van der Waals surface area contributed by atoms with Gasteiger partial charge in [0.15, 0.2) is 0 Å². The van der Waals surface area contributed by atoms with Gasteiger partial charge in [-0.2, -0.15) is 0 Å². The molecule has 0 unspecified atom stereocenters. The largest absolute Gasteiger partial charge is 0.466 e. The van der Waals surface area contributed by atoms with E-state index in [0.717, 1.165) is 51.4 Å². The van der Waals surface area contributed by atoms with Gasteiger partial charge in [-0.15, -0.1) is 0 Å². The van der Waals surface area contributed by atoms with Crippen molar-refractivity contribution in [1.29, 1.82) is 0 Å². The SMILES string of the molecule is CCOC(=O)CCCCc1ccc(CCCCCCO)c(CCC(=O)OCC)c1. The number of hydrogen-bond donors (Lipinski definition) is 1. The lowest BCUT2D eigenvalue weighted by atomic mass is 9.94. The van der Waals surface area contributed by atoms with Crippen LogP contribution in [-0.4, -0.2) is 36.9 Å². The average molecular weight is 407 g/mol. The van der Waals surface area contributed by atoms with Crippen molar-refractivity contribution in [3.8, 4) is 0 Å². The molecule has 1 aromatic rings. The minimum Gasteiger partial charge on any atom is -0.466 e. The highest BCUT2D eigenvalue weighted by Crippen LogP contribution is 2.19.